The van der Waals surface area contributed by atoms with E-state index in [1.807, 2.05) is 45.0 Å². The largest absolute Gasteiger partial charge is 0.289 e. The normalized spacial score (nSPS) is 10.6. The minimum absolute atomic E-state index is 0.113. The summed E-state index contributed by atoms with van der Waals surface area (Å²) in [7, 11) is 0. The molecule has 2 aromatic rings. The van der Waals surface area contributed by atoms with Gasteiger partial charge in [0.05, 0.1) is 3.79 Å². The van der Waals surface area contributed by atoms with Crippen LogP contribution in [0.2, 0.25) is 0 Å². The first kappa shape index (κ1) is 12.5. The molecule has 0 saturated carbocycles. The van der Waals surface area contributed by atoms with E-state index in [4.69, 9.17) is 0 Å². The van der Waals surface area contributed by atoms with Crippen LogP contribution in [0.5, 0.6) is 0 Å². The third-order valence-corrected chi connectivity index (χ3v) is 4.31. The molecule has 1 nitrogen and oxygen atoms in total. The molecule has 1 heterocycles. The highest BCUT2D eigenvalue weighted by atomic mass is 79.9. The van der Waals surface area contributed by atoms with Crippen LogP contribution in [0.4, 0.5) is 0 Å². The monoisotopic (exact) mass is 308 g/mol. The van der Waals surface area contributed by atoms with Crippen LogP contribution in [0, 0.1) is 20.8 Å². The van der Waals surface area contributed by atoms with E-state index in [1.54, 1.807) is 11.3 Å². The Morgan fingerprint density at radius 2 is 1.82 bits per heavy atom. The first-order chi connectivity index (χ1) is 7.99. The van der Waals surface area contributed by atoms with Crippen molar-refractivity contribution < 1.29 is 4.79 Å². The van der Waals surface area contributed by atoms with Crippen molar-refractivity contribution in [2.45, 2.75) is 20.8 Å². The lowest BCUT2D eigenvalue weighted by Gasteiger charge is -2.05. The lowest BCUT2D eigenvalue weighted by Crippen LogP contribution is -2.03. The fourth-order valence-electron chi connectivity index (χ4n) is 1.88. The average molecular weight is 309 g/mol. The third-order valence-electron chi connectivity index (χ3n) is 2.76. The van der Waals surface area contributed by atoms with Gasteiger partial charge in [-0.1, -0.05) is 23.8 Å². The van der Waals surface area contributed by atoms with Gasteiger partial charge in [-0.15, -0.1) is 11.3 Å². The summed E-state index contributed by atoms with van der Waals surface area (Å²) in [5.41, 5.74) is 3.82. The highest BCUT2D eigenvalue weighted by Gasteiger charge is 2.16. The van der Waals surface area contributed by atoms with Crippen LogP contribution in [0.25, 0.3) is 0 Å². The van der Waals surface area contributed by atoms with Gasteiger partial charge in [-0.3, -0.25) is 4.79 Å². The van der Waals surface area contributed by atoms with E-state index < -0.39 is 0 Å². The molecule has 0 bridgehead atoms. The van der Waals surface area contributed by atoms with Crippen molar-refractivity contribution in [1.82, 2.24) is 0 Å². The zero-order valence-corrected chi connectivity index (χ0v) is 12.4. The van der Waals surface area contributed by atoms with Gasteiger partial charge in [-0.05, 0) is 48.3 Å². The third kappa shape index (κ3) is 2.50. The zero-order chi connectivity index (χ0) is 12.6. The summed E-state index contributed by atoms with van der Waals surface area (Å²) >= 11 is 5.02. The summed E-state index contributed by atoms with van der Waals surface area (Å²) < 4.78 is 1.00. The molecule has 0 aliphatic heterocycles. The van der Waals surface area contributed by atoms with Gasteiger partial charge in [0.2, 0.25) is 0 Å². The SMILES string of the molecule is Cc1ccc(C(=O)c2cc(Br)sc2C)c(C)c1. The molecule has 0 fully saturated rings. The molecule has 0 saturated heterocycles. The van der Waals surface area contributed by atoms with Gasteiger partial charge < -0.3 is 0 Å². The number of hydrogen-bond donors (Lipinski definition) is 0. The lowest BCUT2D eigenvalue weighted by molar-refractivity contribution is 0.103. The van der Waals surface area contributed by atoms with Gasteiger partial charge in [-0.25, -0.2) is 0 Å². The Balaban J connectivity index is 2.47. The van der Waals surface area contributed by atoms with Gasteiger partial charge in [0.1, 0.15) is 0 Å². The number of aryl methyl sites for hydroxylation is 3. The van der Waals surface area contributed by atoms with Crippen LogP contribution >= 0.6 is 27.3 Å². The Labute approximate surface area is 114 Å². The molecule has 1 aromatic heterocycles. The van der Waals surface area contributed by atoms with Crippen molar-refractivity contribution >= 4 is 33.0 Å². The number of benzene rings is 1. The number of carbonyl (C=O) groups excluding carboxylic acids is 1. The second-order valence-electron chi connectivity index (χ2n) is 4.17. The van der Waals surface area contributed by atoms with E-state index in [2.05, 4.69) is 15.9 Å². The number of thiophene rings is 1. The summed E-state index contributed by atoms with van der Waals surface area (Å²) in [6.45, 7) is 6.00. The first-order valence-corrected chi connectivity index (χ1v) is 6.98. The maximum Gasteiger partial charge on any atom is 0.194 e. The molecule has 0 spiro atoms. The summed E-state index contributed by atoms with van der Waals surface area (Å²) in [5.74, 6) is 0.113. The number of hydrogen-bond acceptors (Lipinski definition) is 2. The van der Waals surface area contributed by atoms with E-state index >= 15 is 0 Å². The highest BCUT2D eigenvalue weighted by Crippen LogP contribution is 2.28. The second-order valence-corrected chi connectivity index (χ2v) is 6.80. The van der Waals surface area contributed by atoms with E-state index in [9.17, 15) is 4.79 Å². The highest BCUT2D eigenvalue weighted by molar-refractivity contribution is 9.11. The summed E-state index contributed by atoms with van der Waals surface area (Å²) in [6, 6.07) is 7.85. The fourth-order valence-corrected chi connectivity index (χ4v) is 3.57. The molecular formula is C14H13BrOS. The van der Waals surface area contributed by atoms with E-state index in [-0.39, 0.29) is 5.78 Å². The molecule has 3 heteroatoms. The molecule has 0 unspecified atom stereocenters. The Kier molecular flexibility index (Phi) is 3.50. The molecule has 0 radical (unpaired) electrons. The topological polar surface area (TPSA) is 17.1 Å². The van der Waals surface area contributed by atoms with Gasteiger partial charge in [0.15, 0.2) is 5.78 Å². The number of rotatable bonds is 2. The molecule has 0 aliphatic rings. The van der Waals surface area contributed by atoms with E-state index in [1.165, 1.54) is 5.56 Å². The standard InChI is InChI=1S/C14H13BrOS/c1-8-4-5-11(9(2)6-8)14(16)12-7-13(15)17-10(12)3/h4-7H,1-3H3. The molecule has 0 amide bonds. The Hall–Kier alpha value is -0.930. The van der Waals surface area contributed by atoms with Crippen LogP contribution in [0.3, 0.4) is 0 Å². The van der Waals surface area contributed by atoms with Crippen molar-refractivity contribution in [3.8, 4) is 0 Å². The van der Waals surface area contributed by atoms with Crippen molar-refractivity contribution in [3.05, 3.63) is 55.2 Å². The van der Waals surface area contributed by atoms with Crippen LogP contribution in [-0.4, -0.2) is 5.78 Å². The second kappa shape index (κ2) is 4.75. The quantitative estimate of drug-likeness (QED) is 0.737. The van der Waals surface area contributed by atoms with Crippen molar-refractivity contribution in [1.29, 1.82) is 0 Å². The zero-order valence-electron chi connectivity index (χ0n) is 10.0. The van der Waals surface area contributed by atoms with Crippen molar-refractivity contribution in [2.75, 3.05) is 0 Å². The summed E-state index contributed by atoms with van der Waals surface area (Å²) in [4.78, 5) is 13.5. The van der Waals surface area contributed by atoms with Crippen LogP contribution in [-0.2, 0) is 0 Å². The Bertz CT molecular complexity index is 584. The molecule has 0 N–H and O–H groups in total. The van der Waals surface area contributed by atoms with Gasteiger partial charge in [0.25, 0.3) is 0 Å². The molecule has 0 atom stereocenters. The molecule has 17 heavy (non-hydrogen) atoms. The van der Waals surface area contributed by atoms with Crippen molar-refractivity contribution in [2.24, 2.45) is 0 Å². The van der Waals surface area contributed by atoms with Gasteiger partial charge in [0, 0.05) is 16.0 Å². The Morgan fingerprint density at radius 3 is 2.35 bits per heavy atom. The fraction of sp³-hybridized carbons (Fsp3) is 0.214. The molecule has 88 valence electrons. The van der Waals surface area contributed by atoms with E-state index in [0.29, 0.717) is 0 Å². The number of halogens is 1. The lowest BCUT2D eigenvalue weighted by atomic mass is 9.98. The Morgan fingerprint density at radius 1 is 1.12 bits per heavy atom. The summed E-state index contributed by atoms with van der Waals surface area (Å²) in [6.07, 6.45) is 0. The van der Waals surface area contributed by atoms with Crippen LogP contribution in [0.1, 0.15) is 31.9 Å². The molecule has 1 aromatic carbocycles. The van der Waals surface area contributed by atoms with Crippen LogP contribution < -0.4 is 0 Å². The van der Waals surface area contributed by atoms with Gasteiger partial charge >= 0.3 is 0 Å². The van der Waals surface area contributed by atoms with Gasteiger partial charge in [-0.2, -0.15) is 0 Å². The minimum Gasteiger partial charge on any atom is -0.289 e. The molecule has 2 rings (SSSR count). The number of ketones is 1. The summed E-state index contributed by atoms with van der Waals surface area (Å²) in [5, 5.41) is 0. The van der Waals surface area contributed by atoms with Crippen LogP contribution in [0.15, 0.2) is 28.1 Å². The maximum absolute atomic E-state index is 12.4. The van der Waals surface area contributed by atoms with E-state index in [0.717, 1.165) is 25.4 Å². The smallest absolute Gasteiger partial charge is 0.194 e. The number of carbonyl (C=O) groups is 1. The predicted molar refractivity (Wildman–Crippen MR) is 76.1 cm³/mol. The maximum atomic E-state index is 12.4. The average Bonchev–Trinajstić information content (AvgIpc) is 2.57. The van der Waals surface area contributed by atoms with Crippen molar-refractivity contribution in [3.63, 3.8) is 0 Å². The molecular weight excluding hydrogens is 296 g/mol. The molecule has 0 aliphatic carbocycles. The first-order valence-electron chi connectivity index (χ1n) is 5.37. The predicted octanol–water partition coefficient (Wildman–Crippen LogP) is 4.67. The minimum atomic E-state index is 0.113.